The molecule has 1 saturated carbocycles. The van der Waals surface area contributed by atoms with Gasteiger partial charge in [-0.1, -0.05) is 48.9 Å². The first-order valence-corrected chi connectivity index (χ1v) is 11.4. The largest absolute Gasteiger partial charge is 0.423 e. The molecule has 4 rings (SSSR count). The first-order chi connectivity index (χ1) is 15.9. The van der Waals surface area contributed by atoms with Crippen LogP contribution in [0.3, 0.4) is 0 Å². The zero-order valence-electron chi connectivity index (χ0n) is 18.8. The van der Waals surface area contributed by atoms with Crippen LogP contribution < -0.4 is 4.74 Å². The average Bonchev–Trinajstić information content (AvgIpc) is 2.83. The van der Waals surface area contributed by atoms with Crippen LogP contribution in [0.15, 0.2) is 54.6 Å². The van der Waals surface area contributed by atoms with E-state index in [0.717, 1.165) is 11.1 Å². The SMILES string of the molecule is CCc1ccc(C2CCC(C(=O)Oc3ccc(-c4ccc(C)cc4)c(F)c3F)CC2)cc1F. The van der Waals surface area contributed by atoms with Crippen molar-refractivity contribution in [2.75, 3.05) is 0 Å². The van der Waals surface area contributed by atoms with Crippen LogP contribution in [-0.2, 0) is 11.2 Å². The third-order valence-corrected chi connectivity index (χ3v) is 6.61. The summed E-state index contributed by atoms with van der Waals surface area (Å²) < 4.78 is 48.7. The molecular formula is C28H27F3O2. The van der Waals surface area contributed by atoms with Gasteiger partial charge >= 0.3 is 5.97 Å². The predicted octanol–water partition coefficient (Wildman–Crippen LogP) is 7.52. The zero-order valence-corrected chi connectivity index (χ0v) is 18.8. The number of carbonyl (C=O) groups is 1. The Morgan fingerprint density at radius 2 is 1.61 bits per heavy atom. The van der Waals surface area contributed by atoms with Gasteiger partial charge in [0.05, 0.1) is 5.92 Å². The summed E-state index contributed by atoms with van der Waals surface area (Å²) in [5, 5.41) is 0. The van der Waals surface area contributed by atoms with E-state index in [1.165, 1.54) is 12.1 Å². The van der Waals surface area contributed by atoms with Crippen molar-refractivity contribution in [3.8, 4) is 16.9 Å². The van der Waals surface area contributed by atoms with Gasteiger partial charge in [0.1, 0.15) is 5.82 Å². The fraction of sp³-hybridized carbons (Fsp3) is 0.321. The van der Waals surface area contributed by atoms with Gasteiger partial charge in [0.25, 0.3) is 0 Å². The molecule has 33 heavy (non-hydrogen) atoms. The molecule has 1 aliphatic carbocycles. The summed E-state index contributed by atoms with van der Waals surface area (Å²) in [6.45, 7) is 3.83. The molecule has 0 atom stereocenters. The lowest BCUT2D eigenvalue weighted by Gasteiger charge is -2.27. The lowest BCUT2D eigenvalue weighted by Crippen LogP contribution is -2.25. The van der Waals surface area contributed by atoms with E-state index < -0.39 is 23.4 Å². The van der Waals surface area contributed by atoms with Crippen molar-refractivity contribution < 1.29 is 22.7 Å². The number of hydrogen-bond acceptors (Lipinski definition) is 2. The number of hydrogen-bond donors (Lipinski definition) is 0. The number of benzene rings is 3. The second-order valence-electron chi connectivity index (χ2n) is 8.78. The van der Waals surface area contributed by atoms with E-state index in [2.05, 4.69) is 0 Å². The molecule has 0 heterocycles. The average molecular weight is 453 g/mol. The summed E-state index contributed by atoms with van der Waals surface area (Å²) in [4.78, 5) is 12.6. The molecule has 0 amide bonds. The van der Waals surface area contributed by atoms with E-state index in [9.17, 15) is 18.0 Å². The molecule has 0 saturated heterocycles. The van der Waals surface area contributed by atoms with Crippen molar-refractivity contribution in [2.24, 2.45) is 5.92 Å². The number of esters is 1. The Bertz CT molecular complexity index is 1150. The second kappa shape index (κ2) is 9.82. The molecule has 172 valence electrons. The third-order valence-electron chi connectivity index (χ3n) is 6.61. The van der Waals surface area contributed by atoms with Crippen molar-refractivity contribution in [2.45, 2.75) is 51.9 Å². The van der Waals surface area contributed by atoms with Crippen molar-refractivity contribution in [3.63, 3.8) is 0 Å². The maximum atomic E-state index is 14.7. The van der Waals surface area contributed by atoms with E-state index in [1.807, 2.05) is 38.1 Å². The van der Waals surface area contributed by atoms with E-state index in [-0.39, 0.29) is 23.2 Å². The van der Waals surface area contributed by atoms with Gasteiger partial charge < -0.3 is 4.74 Å². The minimum Gasteiger partial charge on any atom is -0.423 e. The molecule has 1 aliphatic rings. The molecule has 0 radical (unpaired) electrons. The lowest BCUT2D eigenvalue weighted by atomic mass is 9.78. The van der Waals surface area contributed by atoms with Crippen molar-refractivity contribution in [1.29, 1.82) is 0 Å². The van der Waals surface area contributed by atoms with Crippen LogP contribution in [0.25, 0.3) is 11.1 Å². The van der Waals surface area contributed by atoms with E-state index in [1.54, 1.807) is 18.2 Å². The first-order valence-electron chi connectivity index (χ1n) is 11.4. The first kappa shape index (κ1) is 23.1. The lowest BCUT2D eigenvalue weighted by molar-refractivity contribution is -0.140. The quantitative estimate of drug-likeness (QED) is 0.296. The number of aryl methyl sites for hydroxylation is 2. The summed E-state index contributed by atoms with van der Waals surface area (Å²) in [5.74, 6) is -3.55. The Morgan fingerprint density at radius 3 is 2.24 bits per heavy atom. The molecule has 0 N–H and O–H groups in total. The van der Waals surface area contributed by atoms with Gasteiger partial charge in [-0.3, -0.25) is 4.79 Å². The molecule has 5 heteroatoms. The van der Waals surface area contributed by atoms with Crippen LogP contribution in [0.5, 0.6) is 5.75 Å². The van der Waals surface area contributed by atoms with Crippen LogP contribution in [0, 0.1) is 30.3 Å². The summed E-state index contributed by atoms with van der Waals surface area (Å²) in [6, 6.07) is 15.2. The predicted molar refractivity (Wildman–Crippen MR) is 123 cm³/mol. The smallest absolute Gasteiger partial charge is 0.314 e. The Balaban J connectivity index is 1.40. The van der Waals surface area contributed by atoms with Gasteiger partial charge in [-0.2, -0.15) is 4.39 Å². The summed E-state index contributed by atoms with van der Waals surface area (Å²) in [6.07, 6.45) is 3.20. The highest BCUT2D eigenvalue weighted by Crippen LogP contribution is 2.37. The summed E-state index contributed by atoms with van der Waals surface area (Å²) in [7, 11) is 0. The van der Waals surface area contributed by atoms with Gasteiger partial charge in [-0.25, -0.2) is 8.78 Å². The van der Waals surface area contributed by atoms with Crippen LogP contribution in [0.4, 0.5) is 13.2 Å². The van der Waals surface area contributed by atoms with Gasteiger partial charge in [0.15, 0.2) is 11.6 Å². The molecule has 0 spiro atoms. The van der Waals surface area contributed by atoms with Crippen LogP contribution in [0.2, 0.25) is 0 Å². The van der Waals surface area contributed by atoms with E-state index in [4.69, 9.17) is 4.74 Å². The normalized spacial score (nSPS) is 18.2. The Labute approximate surface area is 192 Å². The molecule has 0 aromatic heterocycles. The molecule has 1 fully saturated rings. The summed E-state index contributed by atoms with van der Waals surface area (Å²) >= 11 is 0. The van der Waals surface area contributed by atoms with Crippen molar-refractivity contribution in [3.05, 3.63) is 88.7 Å². The second-order valence-corrected chi connectivity index (χ2v) is 8.78. The van der Waals surface area contributed by atoms with Gasteiger partial charge in [-0.15, -0.1) is 0 Å². The Kier molecular flexibility index (Phi) is 6.87. The standard InChI is InChI=1S/C28H27F3O2/c1-3-18-8-13-22(16-24(18)29)19-9-11-21(12-10-19)28(32)33-25-15-14-23(26(30)27(25)31)20-6-4-17(2)5-7-20/h4-8,13-16,19,21H,3,9-12H2,1-2H3. The molecule has 3 aromatic carbocycles. The number of carbonyl (C=O) groups excluding carboxylic acids is 1. The fourth-order valence-corrected chi connectivity index (χ4v) is 4.53. The minimum absolute atomic E-state index is 0.120. The Morgan fingerprint density at radius 1 is 0.909 bits per heavy atom. The maximum Gasteiger partial charge on any atom is 0.314 e. The maximum absolute atomic E-state index is 14.7. The molecule has 0 unspecified atom stereocenters. The molecule has 0 aliphatic heterocycles. The zero-order chi connectivity index (χ0) is 23.5. The van der Waals surface area contributed by atoms with Crippen molar-refractivity contribution in [1.82, 2.24) is 0 Å². The summed E-state index contributed by atoms with van der Waals surface area (Å²) in [5.41, 5.74) is 3.32. The third kappa shape index (κ3) is 4.97. The van der Waals surface area contributed by atoms with Crippen LogP contribution >= 0.6 is 0 Å². The highest BCUT2D eigenvalue weighted by atomic mass is 19.2. The van der Waals surface area contributed by atoms with Crippen molar-refractivity contribution >= 4 is 5.97 Å². The minimum atomic E-state index is -1.17. The monoisotopic (exact) mass is 452 g/mol. The molecule has 3 aromatic rings. The fourth-order valence-electron chi connectivity index (χ4n) is 4.53. The van der Waals surface area contributed by atoms with E-state index in [0.29, 0.717) is 43.2 Å². The number of ether oxygens (including phenoxy) is 1. The highest BCUT2D eigenvalue weighted by molar-refractivity contribution is 5.76. The highest BCUT2D eigenvalue weighted by Gasteiger charge is 2.30. The van der Waals surface area contributed by atoms with Crippen LogP contribution in [-0.4, -0.2) is 5.97 Å². The van der Waals surface area contributed by atoms with Gasteiger partial charge in [0.2, 0.25) is 5.82 Å². The molecule has 2 nitrogen and oxygen atoms in total. The van der Waals surface area contributed by atoms with Gasteiger partial charge in [0, 0.05) is 5.56 Å². The van der Waals surface area contributed by atoms with Gasteiger partial charge in [-0.05, 0) is 79.8 Å². The van der Waals surface area contributed by atoms with E-state index >= 15 is 0 Å². The molecular weight excluding hydrogens is 425 g/mol. The number of halogens is 3. The number of rotatable bonds is 5. The van der Waals surface area contributed by atoms with Crippen LogP contribution in [0.1, 0.15) is 55.2 Å². The topological polar surface area (TPSA) is 26.3 Å². The Hall–Kier alpha value is -3.08. The molecule has 0 bridgehead atoms.